The summed E-state index contributed by atoms with van der Waals surface area (Å²) in [7, 11) is 0. The highest BCUT2D eigenvalue weighted by atomic mass is 16.2. The van der Waals surface area contributed by atoms with Crippen LogP contribution in [0.25, 0.3) is 0 Å². The number of anilines is 1. The summed E-state index contributed by atoms with van der Waals surface area (Å²) in [5.74, 6) is -0.526. The minimum absolute atomic E-state index is 0.255. The van der Waals surface area contributed by atoms with Gasteiger partial charge < -0.3 is 4.90 Å². The smallest absolute Gasteiger partial charge is 0.261 e. The van der Waals surface area contributed by atoms with Crippen LogP contribution in [-0.4, -0.2) is 24.9 Å². The first kappa shape index (κ1) is 11.3. The molecule has 1 saturated heterocycles. The number of hydrogen-bond acceptors (Lipinski definition) is 3. The van der Waals surface area contributed by atoms with Crippen LogP contribution in [-0.2, 0) is 0 Å². The van der Waals surface area contributed by atoms with E-state index in [4.69, 9.17) is 0 Å². The molecule has 0 radical (unpaired) electrons. The van der Waals surface area contributed by atoms with Gasteiger partial charge in [-0.15, -0.1) is 0 Å². The maximum absolute atomic E-state index is 11.9. The zero-order valence-corrected chi connectivity index (χ0v) is 10.2. The molecule has 0 atom stereocenters. The Hall–Kier alpha value is -1.84. The predicted octanol–water partition coefficient (Wildman–Crippen LogP) is 1.95. The number of carbonyl (C=O) groups excluding carboxylic acids is 2. The summed E-state index contributed by atoms with van der Waals surface area (Å²) in [5, 5.41) is 2.37. The van der Waals surface area contributed by atoms with Crippen LogP contribution >= 0.6 is 0 Å². The molecule has 0 spiro atoms. The molecule has 2 amide bonds. The molecule has 4 nitrogen and oxygen atoms in total. The molecule has 2 aliphatic rings. The van der Waals surface area contributed by atoms with Gasteiger partial charge in [0.1, 0.15) is 0 Å². The van der Waals surface area contributed by atoms with Crippen LogP contribution in [0.3, 0.4) is 0 Å². The SMILES string of the molecule is O=C1NC(=O)c2c1cccc2N1CCCCCC1. The van der Waals surface area contributed by atoms with Gasteiger partial charge in [-0.1, -0.05) is 18.9 Å². The third-order valence-electron chi connectivity index (χ3n) is 3.69. The molecule has 2 heterocycles. The standard InChI is InChI=1S/C14H16N2O2/c17-13-10-6-5-7-11(12(10)14(18)15-13)16-8-3-1-2-4-9-16/h5-7H,1-4,8-9H2,(H,15,17,18). The van der Waals surface area contributed by atoms with Crippen molar-refractivity contribution in [3.05, 3.63) is 29.3 Å². The molecule has 1 aromatic carbocycles. The molecule has 0 aromatic heterocycles. The highest BCUT2D eigenvalue weighted by Crippen LogP contribution is 2.29. The van der Waals surface area contributed by atoms with Gasteiger partial charge >= 0.3 is 0 Å². The van der Waals surface area contributed by atoms with Crippen molar-refractivity contribution in [2.45, 2.75) is 25.7 Å². The first-order valence-electron chi connectivity index (χ1n) is 6.51. The number of amides is 2. The van der Waals surface area contributed by atoms with Crippen LogP contribution in [0.4, 0.5) is 5.69 Å². The molecule has 94 valence electrons. The van der Waals surface area contributed by atoms with Crippen molar-refractivity contribution in [2.75, 3.05) is 18.0 Å². The van der Waals surface area contributed by atoms with Crippen molar-refractivity contribution in [1.29, 1.82) is 0 Å². The van der Waals surface area contributed by atoms with Crippen LogP contribution in [0.1, 0.15) is 46.4 Å². The van der Waals surface area contributed by atoms with Crippen molar-refractivity contribution in [3.63, 3.8) is 0 Å². The van der Waals surface area contributed by atoms with E-state index < -0.39 is 0 Å². The van der Waals surface area contributed by atoms with Gasteiger partial charge in [0.15, 0.2) is 0 Å². The summed E-state index contributed by atoms with van der Waals surface area (Å²) in [5.41, 5.74) is 1.99. The van der Waals surface area contributed by atoms with Crippen molar-refractivity contribution >= 4 is 17.5 Å². The van der Waals surface area contributed by atoms with E-state index in [0.717, 1.165) is 31.6 Å². The Labute approximate surface area is 106 Å². The lowest BCUT2D eigenvalue weighted by Gasteiger charge is -2.24. The number of nitrogens with one attached hydrogen (secondary N) is 1. The van der Waals surface area contributed by atoms with Gasteiger partial charge in [0.05, 0.1) is 16.8 Å². The second-order valence-corrected chi connectivity index (χ2v) is 4.88. The Kier molecular flexibility index (Phi) is 2.78. The van der Waals surface area contributed by atoms with E-state index in [1.165, 1.54) is 12.8 Å². The predicted molar refractivity (Wildman–Crippen MR) is 68.9 cm³/mol. The van der Waals surface area contributed by atoms with Gasteiger partial charge in [-0.3, -0.25) is 14.9 Å². The zero-order valence-electron chi connectivity index (χ0n) is 10.2. The number of nitrogens with zero attached hydrogens (tertiary/aromatic N) is 1. The van der Waals surface area contributed by atoms with Gasteiger partial charge in [-0.2, -0.15) is 0 Å². The lowest BCUT2D eigenvalue weighted by atomic mass is 10.1. The molecule has 0 bridgehead atoms. The van der Waals surface area contributed by atoms with Gasteiger partial charge in [0.2, 0.25) is 0 Å². The quantitative estimate of drug-likeness (QED) is 0.768. The van der Waals surface area contributed by atoms with Crippen molar-refractivity contribution in [1.82, 2.24) is 5.32 Å². The second kappa shape index (κ2) is 4.44. The lowest BCUT2D eigenvalue weighted by molar-refractivity contribution is 0.0880. The average Bonchev–Trinajstić information content (AvgIpc) is 2.61. The van der Waals surface area contributed by atoms with E-state index in [1.807, 2.05) is 12.1 Å². The fraction of sp³-hybridized carbons (Fsp3) is 0.429. The molecule has 0 unspecified atom stereocenters. The summed E-state index contributed by atoms with van der Waals surface area (Å²) < 4.78 is 0. The number of fused-ring (bicyclic) bond motifs is 1. The van der Waals surface area contributed by atoms with E-state index in [2.05, 4.69) is 10.2 Å². The van der Waals surface area contributed by atoms with Gasteiger partial charge in [-0.05, 0) is 25.0 Å². The third-order valence-corrected chi connectivity index (χ3v) is 3.69. The van der Waals surface area contributed by atoms with Crippen LogP contribution in [0, 0.1) is 0 Å². The molecule has 1 fully saturated rings. The Morgan fingerprint density at radius 3 is 2.39 bits per heavy atom. The maximum Gasteiger partial charge on any atom is 0.261 e. The van der Waals surface area contributed by atoms with Crippen LogP contribution in [0.15, 0.2) is 18.2 Å². The summed E-state index contributed by atoms with van der Waals surface area (Å²) in [6.07, 6.45) is 4.80. The van der Waals surface area contributed by atoms with Gasteiger partial charge in [-0.25, -0.2) is 0 Å². The average molecular weight is 244 g/mol. The van der Waals surface area contributed by atoms with Crippen molar-refractivity contribution in [2.24, 2.45) is 0 Å². The topological polar surface area (TPSA) is 49.4 Å². The summed E-state index contributed by atoms with van der Waals surface area (Å²) >= 11 is 0. The Morgan fingerprint density at radius 2 is 1.67 bits per heavy atom. The Balaban J connectivity index is 2.02. The maximum atomic E-state index is 11.9. The molecule has 0 aliphatic carbocycles. The molecule has 0 saturated carbocycles. The number of hydrogen-bond donors (Lipinski definition) is 1. The summed E-state index contributed by atoms with van der Waals surface area (Å²) in [4.78, 5) is 25.7. The minimum atomic E-state index is -0.272. The van der Waals surface area contributed by atoms with Gasteiger partial charge in [0, 0.05) is 13.1 Å². The van der Waals surface area contributed by atoms with Gasteiger partial charge in [0.25, 0.3) is 11.8 Å². The molecular weight excluding hydrogens is 228 g/mol. The summed E-state index contributed by atoms with van der Waals surface area (Å²) in [6, 6.07) is 5.52. The zero-order chi connectivity index (χ0) is 12.5. The molecule has 1 N–H and O–H groups in total. The number of rotatable bonds is 1. The normalized spacial score (nSPS) is 19.4. The van der Waals surface area contributed by atoms with E-state index >= 15 is 0 Å². The highest BCUT2D eigenvalue weighted by Gasteiger charge is 2.30. The molecular formula is C14H16N2O2. The molecule has 1 aromatic rings. The minimum Gasteiger partial charge on any atom is -0.371 e. The van der Waals surface area contributed by atoms with Crippen LogP contribution in [0.2, 0.25) is 0 Å². The Bertz CT molecular complexity index is 503. The van der Waals surface area contributed by atoms with Crippen LogP contribution < -0.4 is 10.2 Å². The highest BCUT2D eigenvalue weighted by molar-refractivity contribution is 6.23. The van der Waals surface area contributed by atoms with E-state index in [0.29, 0.717) is 11.1 Å². The number of imide groups is 1. The van der Waals surface area contributed by atoms with Crippen molar-refractivity contribution < 1.29 is 9.59 Å². The fourth-order valence-corrected chi connectivity index (χ4v) is 2.78. The third kappa shape index (κ3) is 1.78. The number of benzene rings is 1. The Morgan fingerprint density at radius 1 is 0.944 bits per heavy atom. The monoisotopic (exact) mass is 244 g/mol. The van der Waals surface area contributed by atoms with Crippen molar-refractivity contribution in [3.8, 4) is 0 Å². The largest absolute Gasteiger partial charge is 0.371 e. The van der Waals surface area contributed by atoms with E-state index in [1.54, 1.807) is 6.07 Å². The van der Waals surface area contributed by atoms with E-state index in [9.17, 15) is 9.59 Å². The van der Waals surface area contributed by atoms with Crippen LogP contribution in [0.5, 0.6) is 0 Å². The van der Waals surface area contributed by atoms with E-state index in [-0.39, 0.29) is 11.8 Å². The second-order valence-electron chi connectivity index (χ2n) is 4.88. The molecule has 18 heavy (non-hydrogen) atoms. The molecule has 4 heteroatoms. The fourth-order valence-electron chi connectivity index (χ4n) is 2.78. The first-order valence-corrected chi connectivity index (χ1v) is 6.51. The number of carbonyl (C=O) groups is 2. The molecule has 3 rings (SSSR count). The summed E-state index contributed by atoms with van der Waals surface area (Å²) in [6.45, 7) is 1.94. The first-order chi connectivity index (χ1) is 8.77. The molecule has 2 aliphatic heterocycles. The lowest BCUT2D eigenvalue weighted by Crippen LogP contribution is -2.26.